The SMILES string of the molecule is OC(CNCc1cn[nH]c1-c1ccccc1)COc1ccc(F)cc1. The second-order valence-electron chi connectivity index (χ2n) is 5.69. The summed E-state index contributed by atoms with van der Waals surface area (Å²) in [5.41, 5.74) is 3.06. The van der Waals surface area contributed by atoms with Gasteiger partial charge in [-0.1, -0.05) is 30.3 Å². The molecule has 0 fully saturated rings. The molecule has 3 aromatic rings. The number of hydrogen-bond donors (Lipinski definition) is 3. The van der Waals surface area contributed by atoms with E-state index < -0.39 is 6.10 Å². The van der Waals surface area contributed by atoms with Gasteiger partial charge in [-0.25, -0.2) is 4.39 Å². The fraction of sp³-hybridized carbons (Fsp3) is 0.211. The van der Waals surface area contributed by atoms with Gasteiger partial charge in [0, 0.05) is 18.7 Å². The molecule has 0 saturated heterocycles. The second-order valence-corrected chi connectivity index (χ2v) is 5.69. The molecule has 0 aliphatic rings. The zero-order chi connectivity index (χ0) is 17.5. The van der Waals surface area contributed by atoms with Crippen LogP contribution in [0.25, 0.3) is 11.3 Å². The average Bonchev–Trinajstić information content (AvgIpc) is 3.10. The van der Waals surface area contributed by atoms with Gasteiger partial charge in [0.1, 0.15) is 24.3 Å². The van der Waals surface area contributed by atoms with E-state index in [1.807, 2.05) is 30.3 Å². The first-order chi connectivity index (χ1) is 12.2. The summed E-state index contributed by atoms with van der Waals surface area (Å²) >= 11 is 0. The number of benzene rings is 2. The standard InChI is InChI=1S/C19H20FN3O2/c20-16-6-8-18(9-7-16)25-13-17(24)12-21-10-15-11-22-23-19(15)14-4-2-1-3-5-14/h1-9,11,17,21,24H,10,12-13H2,(H,22,23). The summed E-state index contributed by atoms with van der Waals surface area (Å²) in [6.07, 6.45) is 1.11. The van der Waals surface area contributed by atoms with Gasteiger partial charge in [0.2, 0.25) is 0 Å². The van der Waals surface area contributed by atoms with Crippen LogP contribution in [0.4, 0.5) is 4.39 Å². The minimum absolute atomic E-state index is 0.134. The van der Waals surface area contributed by atoms with Gasteiger partial charge in [-0.15, -0.1) is 0 Å². The van der Waals surface area contributed by atoms with Crippen LogP contribution in [0.2, 0.25) is 0 Å². The third kappa shape index (κ3) is 4.89. The average molecular weight is 341 g/mol. The molecule has 0 saturated carbocycles. The Morgan fingerprint density at radius 3 is 2.64 bits per heavy atom. The van der Waals surface area contributed by atoms with Crippen molar-refractivity contribution in [2.24, 2.45) is 0 Å². The third-order valence-corrected chi connectivity index (χ3v) is 3.73. The number of aromatic nitrogens is 2. The van der Waals surface area contributed by atoms with Gasteiger partial charge < -0.3 is 15.2 Å². The summed E-state index contributed by atoms with van der Waals surface area (Å²) in [6.45, 7) is 1.09. The molecule has 0 bridgehead atoms. The Hall–Kier alpha value is -2.70. The second kappa shape index (κ2) is 8.41. The molecule has 1 heterocycles. The lowest BCUT2D eigenvalue weighted by Gasteiger charge is -2.13. The third-order valence-electron chi connectivity index (χ3n) is 3.73. The number of rotatable bonds is 8. The molecule has 1 aromatic heterocycles. The first kappa shape index (κ1) is 17.1. The van der Waals surface area contributed by atoms with E-state index in [4.69, 9.17) is 4.74 Å². The van der Waals surface area contributed by atoms with Crippen LogP contribution < -0.4 is 10.1 Å². The summed E-state index contributed by atoms with van der Waals surface area (Å²) in [5.74, 6) is 0.213. The highest BCUT2D eigenvalue weighted by atomic mass is 19.1. The number of aliphatic hydroxyl groups is 1. The Morgan fingerprint density at radius 2 is 1.88 bits per heavy atom. The van der Waals surface area contributed by atoms with Crippen LogP contribution in [0.15, 0.2) is 60.8 Å². The molecule has 0 amide bonds. The molecular formula is C19H20FN3O2. The fourth-order valence-corrected chi connectivity index (χ4v) is 2.46. The van der Waals surface area contributed by atoms with E-state index in [1.54, 1.807) is 6.20 Å². The lowest BCUT2D eigenvalue weighted by molar-refractivity contribution is 0.106. The summed E-state index contributed by atoms with van der Waals surface area (Å²) in [4.78, 5) is 0. The van der Waals surface area contributed by atoms with Crippen LogP contribution in [0.1, 0.15) is 5.56 Å². The van der Waals surface area contributed by atoms with Crippen LogP contribution in [0.3, 0.4) is 0 Å². The van der Waals surface area contributed by atoms with Crippen molar-refractivity contribution in [1.29, 1.82) is 0 Å². The van der Waals surface area contributed by atoms with Crippen molar-refractivity contribution in [2.75, 3.05) is 13.2 Å². The number of nitrogens with one attached hydrogen (secondary N) is 2. The van der Waals surface area contributed by atoms with Gasteiger partial charge in [0.15, 0.2) is 0 Å². The Labute approximate surface area is 145 Å². The lowest BCUT2D eigenvalue weighted by Crippen LogP contribution is -2.31. The van der Waals surface area contributed by atoms with Gasteiger partial charge in [-0.2, -0.15) is 5.10 Å². The van der Waals surface area contributed by atoms with Crippen molar-refractivity contribution in [3.63, 3.8) is 0 Å². The molecule has 3 rings (SSSR count). The van der Waals surface area contributed by atoms with E-state index in [9.17, 15) is 9.50 Å². The number of ether oxygens (including phenoxy) is 1. The maximum absolute atomic E-state index is 12.8. The molecule has 5 nitrogen and oxygen atoms in total. The van der Waals surface area contributed by atoms with Crippen molar-refractivity contribution >= 4 is 0 Å². The van der Waals surface area contributed by atoms with Crippen LogP contribution >= 0.6 is 0 Å². The maximum atomic E-state index is 12.8. The highest BCUT2D eigenvalue weighted by molar-refractivity contribution is 5.62. The fourth-order valence-electron chi connectivity index (χ4n) is 2.46. The predicted octanol–water partition coefficient (Wildman–Crippen LogP) is 2.75. The summed E-state index contributed by atoms with van der Waals surface area (Å²) in [7, 11) is 0. The van der Waals surface area contributed by atoms with Gasteiger partial charge in [0.05, 0.1) is 11.9 Å². The van der Waals surface area contributed by atoms with Crippen molar-refractivity contribution in [3.8, 4) is 17.0 Å². The Bertz CT molecular complexity index is 775. The normalized spacial score (nSPS) is 12.1. The van der Waals surface area contributed by atoms with Gasteiger partial charge in [0.25, 0.3) is 0 Å². The predicted molar refractivity (Wildman–Crippen MR) is 93.6 cm³/mol. The number of hydrogen-bond acceptors (Lipinski definition) is 4. The Balaban J connectivity index is 1.45. The van der Waals surface area contributed by atoms with E-state index in [0.29, 0.717) is 18.8 Å². The molecule has 2 aromatic carbocycles. The molecule has 0 radical (unpaired) electrons. The van der Waals surface area contributed by atoms with E-state index >= 15 is 0 Å². The van der Waals surface area contributed by atoms with E-state index in [1.165, 1.54) is 24.3 Å². The van der Waals surface area contributed by atoms with E-state index in [-0.39, 0.29) is 12.4 Å². The number of aromatic amines is 1. The Kier molecular flexibility index (Phi) is 5.77. The van der Waals surface area contributed by atoms with Crippen molar-refractivity contribution in [2.45, 2.75) is 12.6 Å². The highest BCUT2D eigenvalue weighted by Gasteiger charge is 2.09. The number of aliphatic hydroxyl groups excluding tert-OH is 1. The maximum Gasteiger partial charge on any atom is 0.123 e. The summed E-state index contributed by atoms with van der Waals surface area (Å²) in [5, 5.41) is 20.3. The molecule has 0 spiro atoms. The minimum Gasteiger partial charge on any atom is -0.491 e. The summed E-state index contributed by atoms with van der Waals surface area (Å²) < 4.78 is 18.2. The molecule has 0 aliphatic carbocycles. The van der Waals surface area contributed by atoms with Crippen LogP contribution in [-0.4, -0.2) is 34.6 Å². The van der Waals surface area contributed by atoms with E-state index in [2.05, 4.69) is 15.5 Å². The lowest BCUT2D eigenvalue weighted by atomic mass is 10.1. The van der Waals surface area contributed by atoms with E-state index in [0.717, 1.165) is 16.8 Å². The Morgan fingerprint density at radius 1 is 1.12 bits per heavy atom. The molecule has 0 aliphatic heterocycles. The van der Waals surface area contributed by atoms with Crippen LogP contribution in [0.5, 0.6) is 5.75 Å². The van der Waals surface area contributed by atoms with Crippen LogP contribution in [0, 0.1) is 5.82 Å². The largest absolute Gasteiger partial charge is 0.491 e. The molecule has 3 N–H and O–H groups in total. The first-order valence-corrected chi connectivity index (χ1v) is 8.07. The van der Waals surface area contributed by atoms with Gasteiger partial charge >= 0.3 is 0 Å². The smallest absolute Gasteiger partial charge is 0.123 e. The summed E-state index contributed by atoms with van der Waals surface area (Å²) in [6, 6.07) is 15.7. The van der Waals surface area contributed by atoms with Crippen molar-refractivity contribution in [1.82, 2.24) is 15.5 Å². The molecule has 130 valence electrons. The molecule has 1 atom stereocenters. The number of halogens is 1. The number of H-pyrrole nitrogens is 1. The topological polar surface area (TPSA) is 70.2 Å². The quantitative estimate of drug-likeness (QED) is 0.589. The van der Waals surface area contributed by atoms with Crippen molar-refractivity contribution < 1.29 is 14.2 Å². The van der Waals surface area contributed by atoms with Crippen LogP contribution in [-0.2, 0) is 6.54 Å². The van der Waals surface area contributed by atoms with Gasteiger partial charge in [-0.3, -0.25) is 5.10 Å². The van der Waals surface area contributed by atoms with Gasteiger partial charge in [-0.05, 0) is 29.8 Å². The molecule has 1 unspecified atom stereocenters. The molecule has 25 heavy (non-hydrogen) atoms. The number of nitrogens with zero attached hydrogens (tertiary/aromatic N) is 1. The van der Waals surface area contributed by atoms with Crippen molar-refractivity contribution in [3.05, 3.63) is 72.2 Å². The molecular weight excluding hydrogens is 321 g/mol. The monoisotopic (exact) mass is 341 g/mol. The first-order valence-electron chi connectivity index (χ1n) is 8.07. The zero-order valence-electron chi connectivity index (χ0n) is 13.7. The molecule has 6 heteroatoms. The minimum atomic E-state index is -0.669. The zero-order valence-corrected chi connectivity index (χ0v) is 13.7. The highest BCUT2D eigenvalue weighted by Crippen LogP contribution is 2.20.